The molecule has 2 atom stereocenters. The summed E-state index contributed by atoms with van der Waals surface area (Å²) in [6.07, 6.45) is 1.07. The first-order chi connectivity index (χ1) is 12.3. The average Bonchev–Trinajstić information content (AvgIpc) is 2.60. The average molecular weight is 376 g/mol. The van der Waals surface area contributed by atoms with Crippen molar-refractivity contribution in [3.63, 3.8) is 0 Å². The molecule has 2 rings (SSSR count). The molecule has 0 saturated carbocycles. The van der Waals surface area contributed by atoms with Gasteiger partial charge in [-0.1, -0.05) is 42.5 Å². The Morgan fingerprint density at radius 1 is 1.04 bits per heavy atom. The van der Waals surface area contributed by atoms with Crippen molar-refractivity contribution >= 4 is 15.9 Å². The van der Waals surface area contributed by atoms with Gasteiger partial charge in [0.05, 0.1) is 25.4 Å². The third-order valence-electron chi connectivity index (χ3n) is 3.94. The number of benzene rings is 2. The second-order valence-corrected chi connectivity index (χ2v) is 7.90. The molecule has 0 spiro atoms. The summed E-state index contributed by atoms with van der Waals surface area (Å²) >= 11 is 0. The number of carbonyl (C=O) groups is 1. The van der Waals surface area contributed by atoms with Crippen LogP contribution in [-0.2, 0) is 14.8 Å². The Balaban J connectivity index is 2.11. The van der Waals surface area contributed by atoms with Crippen LogP contribution in [0.4, 0.5) is 0 Å². The molecule has 2 N–H and O–H groups in total. The third kappa shape index (κ3) is 6.16. The summed E-state index contributed by atoms with van der Waals surface area (Å²) in [7, 11) is -1.92. The lowest BCUT2D eigenvalue weighted by molar-refractivity contribution is -0.122. The first kappa shape index (κ1) is 19.9. The van der Waals surface area contributed by atoms with Crippen LogP contribution < -0.4 is 14.8 Å². The summed E-state index contributed by atoms with van der Waals surface area (Å²) in [6, 6.07) is 15.7. The van der Waals surface area contributed by atoms with Crippen molar-refractivity contribution in [1.82, 2.24) is 10.0 Å². The van der Waals surface area contributed by atoms with Crippen molar-refractivity contribution in [2.45, 2.75) is 25.4 Å². The zero-order valence-electron chi connectivity index (χ0n) is 15.1. The zero-order valence-corrected chi connectivity index (χ0v) is 15.9. The van der Waals surface area contributed by atoms with E-state index in [2.05, 4.69) is 10.0 Å². The number of hydrogen-bond acceptors (Lipinski definition) is 4. The molecule has 0 bridgehead atoms. The van der Waals surface area contributed by atoms with E-state index in [-0.39, 0.29) is 18.4 Å². The predicted molar refractivity (Wildman–Crippen MR) is 101 cm³/mol. The van der Waals surface area contributed by atoms with Crippen LogP contribution in [0, 0.1) is 0 Å². The Kier molecular flexibility index (Phi) is 6.76. The number of amides is 1. The van der Waals surface area contributed by atoms with Crippen molar-refractivity contribution in [3.05, 3.63) is 65.7 Å². The van der Waals surface area contributed by atoms with Gasteiger partial charge in [0.2, 0.25) is 15.9 Å². The van der Waals surface area contributed by atoms with Crippen LogP contribution in [0.15, 0.2) is 54.6 Å². The Hall–Kier alpha value is -2.38. The van der Waals surface area contributed by atoms with Gasteiger partial charge in [-0.25, -0.2) is 13.1 Å². The molecule has 6 nitrogen and oxygen atoms in total. The highest BCUT2D eigenvalue weighted by atomic mass is 32.2. The predicted octanol–water partition coefficient (Wildman–Crippen LogP) is 2.55. The number of nitrogens with one attached hydrogen (secondary N) is 2. The molecule has 0 radical (unpaired) electrons. The van der Waals surface area contributed by atoms with Crippen LogP contribution in [0.2, 0.25) is 0 Å². The fraction of sp³-hybridized carbons (Fsp3) is 0.316. The molecule has 0 aliphatic carbocycles. The Morgan fingerprint density at radius 2 is 1.65 bits per heavy atom. The molecule has 0 aromatic heterocycles. The van der Waals surface area contributed by atoms with Gasteiger partial charge < -0.3 is 10.1 Å². The van der Waals surface area contributed by atoms with Crippen LogP contribution in [0.1, 0.15) is 36.6 Å². The van der Waals surface area contributed by atoms with Crippen molar-refractivity contribution in [2.75, 3.05) is 13.4 Å². The summed E-state index contributed by atoms with van der Waals surface area (Å²) in [5, 5.41) is 2.91. The molecular formula is C19H24N2O4S. The zero-order chi connectivity index (χ0) is 19.2. The smallest absolute Gasteiger partial charge is 0.222 e. The van der Waals surface area contributed by atoms with Crippen molar-refractivity contribution < 1.29 is 17.9 Å². The second kappa shape index (κ2) is 8.82. The molecule has 0 heterocycles. The van der Waals surface area contributed by atoms with Gasteiger partial charge >= 0.3 is 0 Å². The second-order valence-electron chi connectivity index (χ2n) is 6.12. The summed E-state index contributed by atoms with van der Waals surface area (Å²) in [5.74, 6) is 0.423. The molecule has 2 aromatic rings. The van der Waals surface area contributed by atoms with Gasteiger partial charge in [-0.15, -0.1) is 0 Å². The Bertz CT molecular complexity index is 820. The number of rotatable bonds is 8. The van der Waals surface area contributed by atoms with Gasteiger partial charge in [-0.2, -0.15) is 0 Å². The van der Waals surface area contributed by atoms with Gasteiger partial charge in [0, 0.05) is 6.42 Å². The number of ether oxygens (including phenoxy) is 1. The molecule has 140 valence electrons. The lowest BCUT2D eigenvalue weighted by Crippen LogP contribution is -2.34. The number of hydrogen-bond donors (Lipinski definition) is 2. The molecule has 0 aliphatic rings. The minimum Gasteiger partial charge on any atom is -0.497 e. The quantitative estimate of drug-likeness (QED) is 0.742. The largest absolute Gasteiger partial charge is 0.497 e. The Morgan fingerprint density at radius 3 is 2.19 bits per heavy atom. The highest BCUT2D eigenvalue weighted by Crippen LogP contribution is 2.22. The summed E-state index contributed by atoms with van der Waals surface area (Å²) in [6.45, 7) is 1.89. The fourth-order valence-corrected chi connectivity index (χ4v) is 3.37. The van der Waals surface area contributed by atoms with Crippen molar-refractivity contribution in [2.24, 2.45) is 0 Å². The van der Waals surface area contributed by atoms with E-state index in [0.29, 0.717) is 11.3 Å². The van der Waals surface area contributed by atoms with Crippen molar-refractivity contribution in [3.8, 4) is 5.75 Å². The molecule has 0 aliphatic heterocycles. The summed E-state index contributed by atoms with van der Waals surface area (Å²) in [4.78, 5) is 12.4. The van der Waals surface area contributed by atoms with Gasteiger partial charge in [-0.3, -0.25) is 4.79 Å². The maximum absolute atomic E-state index is 12.4. The van der Waals surface area contributed by atoms with Crippen LogP contribution in [-0.4, -0.2) is 27.7 Å². The van der Waals surface area contributed by atoms with Gasteiger partial charge in [0.1, 0.15) is 5.75 Å². The third-order valence-corrected chi connectivity index (χ3v) is 4.65. The van der Waals surface area contributed by atoms with Crippen LogP contribution >= 0.6 is 0 Å². The fourth-order valence-electron chi connectivity index (χ4n) is 2.63. The van der Waals surface area contributed by atoms with E-state index < -0.39 is 16.1 Å². The van der Waals surface area contributed by atoms with E-state index in [1.54, 1.807) is 31.4 Å². The first-order valence-electron chi connectivity index (χ1n) is 8.24. The summed E-state index contributed by atoms with van der Waals surface area (Å²) in [5.41, 5.74) is 1.68. The topological polar surface area (TPSA) is 84.5 Å². The highest BCUT2D eigenvalue weighted by molar-refractivity contribution is 7.88. The molecule has 0 fully saturated rings. The van der Waals surface area contributed by atoms with Gasteiger partial charge in [0.25, 0.3) is 0 Å². The lowest BCUT2D eigenvalue weighted by atomic mass is 10.0. The molecule has 0 saturated heterocycles. The number of methoxy groups -OCH3 is 1. The monoisotopic (exact) mass is 376 g/mol. The molecular weight excluding hydrogens is 352 g/mol. The standard InChI is InChI=1S/C19H24N2O4S/c1-14(15-7-5-4-6-8-15)20-19(22)13-18(21-26(3,23)24)16-9-11-17(25-2)12-10-16/h4-12,14,18,21H,13H2,1-3H3,(H,20,22). The molecule has 2 unspecified atom stereocenters. The van der Waals surface area contributed by atoms with Crippen LogP contribution in [0.5, 0.6) is 5.75 Å². The lowest BCUT2D eigenvalue weighted by Gasteiger charge is -2.20. The molecule has 26 heavy (non-hydrogen) atoms. The minimum absolute atomic E-state index is 0.00340. The van der Waals surface area contributed by atoms with Crippen LogP contribution in [0.3, 0.4) is 0 Å². The highest BCUT2D eigenvalue weighted by Gasteiger charge is 2.21. The Labute approximate surface area is 154 Å². The number of carbonyl (C=O) groups excluding carboxylic acids is 1. The normalized spacial score (nSPS) is 13.7. The van der Waals surface area contributed by atoms with E-state index >= 15 is 0 Å². The molecule has 1 amide bonds. The molecule has 7 heteroatoms. The van der Waals surface area contributed by atoms with Crippen LogP contribution in [0.25, 0.3) is 0 Å². The maximum Gasteiger partial charge on any atom is 0.222 e. The van der Waals surface area contributed by atoms with Crippen molar-refractivity contribution in [1.29, 1.82) is 0 Å². The van der Waals surface area contributed by atoms with E-state index in [1.807, 2.05) is 37.3 Å². The van der Waals surface area contributed by atoms with Gasteiger partial charge in [-0.05, 0) is 30.2 Å². The van der Waals surface area contributed by atoms with E-state index in [9.17, 15) is 13.2 Å². The van der Waals surface area contributed by atoms with E-state index in [0.717, 1.165) is 11.8 Å². The van der Waals surface area contributed by atoms with E-state index in [4.69, 9.17) is 4.74 Å². The minimum atomic E-state index is -3.47. The SMILES string of the molecule is COc1ccc(C(CC(=O)NC(C)c2ccccc2)NS(C)(=O)=O)cc1. The maximum atomic E-state index is 12.4. The van der Waals surface area contributed by atoms with Gasteiger partial charge in [0.15, 0.2) is 0 Å². The first-order valence-corrected chi connectivity index (χ1v) is 10.1. The number of sulfonamides is 1. The van der Waals surface area contributed by atoms with E-state index in [1.165, 1.54) is 0 Å². The molecule has 2 aromatic carbocycles. The summed E-state index contributed by atoms with van der Waals surface area (Å²) < 4.78 is 31.0.